The summed E-state index contributed by atoms with van der Waals surface area (Å²) in [4.78, 5) is 0. The zero-order chi connectivity index (χ0) is 13.0. The molecule has 0 N–H and O–H groups in total. The first-order chi connectivity index (χ1) is 8.69. The highest BCUT2D eigenvalue weighted by Crippen LogP contribution is 2.30. The normalized spacial score (nSPS) is 27.7. The van der Waals surface area contributed by atoms with Gasteiger partial charge in [0, 0.05) is 0 Å². The molecule has 0 amide bonds. The van der Waals surface area contributed by atoms with Crippen LogP contribution in [0.4, 0.5) is 0 Å². The Balaban J connectivity index is 1.93. The predicted molar refractivity (Wildman–Crippen MR) is 71.9 cm³/mol. The molecule has 1 saturated carbocycles. The molecule has 0 spiro atoms. The third-order valence-corrected chi connectivity index (χ3v) is 3.75. The molecule has 1 aliphatic carbocycles. The fourth-order valence-corrected chi connectivity index (χ4v) is 2.97. The van der Waals surface area contributed by atoms with Crippen molar-refractivity contribution in [3.8, 4) is 6.07 Å². The molecule has 0 aromatic heterocycles. The van der Waals surface area contributed by atoms with E-state index in [4.69, 9.17) is 10.00 Å². The predicted octanol–water partition coefficient (Wildman–Crippen LogP) is 3.90. The van der Waals surface area contributed by atoms with E-state index in [-0.39, 0.29) is 0 Å². The van der Waals surface area contributed by atoms with Crippen molar-refractivity contribution in [1.82, 2.24) is 0 Å². The molecule has 1 fully saturated rings. The van der Waals surface area contributed by atoms with E-state index < -0.39 is 0 Å². The summed E-state index contributed by atoms with van der Waals surface area (Å²) in [6, 6.07) is 9.91. The number of rotatable bonds is 3. The van der Waals surface area contributed by atoms with E-state index in [2.05, 4.69) is 19.9 Å². The van der Waals surface area contributed by atoms with E-state index >= 15 is 0 Å². The maximum absolute atomic E-state index is 9.03. The molecular formula is C16H21NO. The van der Waals surface area contributed by atoms with Crippen LogP contribution in [0.2, 0.25) is 0 Å². The highest BCUT2D eigenvalue weighted by atomic mass is 16.5. The SMILES string of the molecule is CC1CC(C)CC(OCc2ccccc2C#N)C1. The summed E-state index contributed by atoms with van der Waals surface area (Å²) in [6.07, 6.45) is 3.97. The van der Waals surface area contributed by atoms with Gasteiger partial charge in [-0.3, -0.25) is 0 Å². The van der Waals surface area contributed by atoms with Gasteiger partial charge < -0.3 is 4.74 Å². The molecule has 96 valence electrons. The van der Waals surface area contributed by atoms with Crippen molar-refractivity contribution < 1.29 is 4.74 Å². The Labute approximate surface area is 110 Å². The average Bonchev–Trinajstić information content (AvgIpc) is 2.35. The third-order valence-electron chi connectivity index (χ3n) is 3.75. The maximum atomic E-state index is 9.03. The second kappa shape index (κ2) is 6.02. The van der Waals surface area contributed by atoms with Gasteiger partial charge in [-0.05, 0) is 42.7 Å². The first-order valence-electron chi connectivity index (χ1n) is 6.78. The lowest BCUT2D eigenvalue weighted by atomic mass is 9.82. The van der Waals surface area contributed by atoms with Crippen LogP contribution in [0.3, 0.4) is 0 Å². The standard InChI is InChI=1S/C16H21NO/c1-12-7-13(2)9-16(8-12)18-11-15-6-4-3-5-14(15)10-17/h3-6,12-13,16H,7-9,11H2,1-2H3. The molecule has 2 heteroatoms. The zero-order valence-electron chi connectivity index (χ0n) is 11.2. The van der Waals surface area contributed by atoms with E-state index in [1.165, 1.54) is 6.42 Å². The summed E-state index contributed by atoms with van der Waals surface area (Å²) < 4.78 is 6.00. The molecule has 2 unspecified atom stereocenters. The van der Waals surface area contributed by atoms with E-state index in [0.29, 0.717) is 12.7 Å². The zero-order valence-corrected chi connectivity index (χ0v) is 11.2. The quantitative estimate of drug-likeness (QED) is 0.806. The minimum Gasteiger partial charge on any atom is -0.373 e. The minimum atomic E-state index is 0.357. The molecule has 0 heterocycles. The van der Waals surface area contributed by atoms with Crippen LogP contribution in [0, 0.1) is 23.2 Å². The smallest absolute Gasteiger partial charge is 0.0995 e. The molecule has 2 atom stereocenters. The van der Waals surface area contributed by atoms with E-state index in [0.717, 1.165) is 35.8 Å². The Kier molecular flexibility index (Phi) is 4.38. The van der Waals surface area contributed by atoms with Crippen molar-refractivity contribution in [1.29, 1.82) is 5.26 Å². The number of ether oxygens (including phenoxy) is 1. The Morgan fingerprint density at radius 1 is 1.17 bits per heavy atom. The molecule has 0 bridgehead atoms. The largest absolute Gasteiger partial charge is 0.373 e. The number of hydrogen-bond acceptors (Lipinski definition) is 2. The third kappa shape index (κ3) is 3.34. The Morgan fingerprint density at radius 3 is 2.50 bits per heavy atom. The van der Waals surface area contributed by atoms with E-state index in [1.54, 1.807) is 0 Å². The van der Waals surface area contributed by atoms with Crippen LogP contribution < -0.4 is 0 Å². The van der Waals surface area contributed by atoms with Gasteiger partial charge in [-0.2, -0.15) is 5.26 Å². The van der Waals surface area contributed by atoms with Crippen molar-refractivity contribution >= 4 is 0 Å². The number of hydrogen-bond donors (Lipinski definition) is 0. The van der Waals surface area contributed by atoms with Crippen LogP contribution in [-0.4, -0.2) is 6.10 Å². The van der Waals surface area contributed by atoms with Crippen molar-refractivity contribution in [2.75, 3.05) is 0 Å². The molecule has 18 heavy (non-hydrogen) atoms. The number of nitriles is 1. The van der Waals surface area contributed by atoms with Crippen molar-refractivity contribution in [3.05, 3.63) is 35.4 Å². The summed E-state index contributed by atoms with van der Waals surface area (Å²) in [7, 11) is 0. The van der Waals surface area contributed by atoms with Crippen molar-refractivity contribution in [2.45, 2.75) is 45.8 Å². The maximum Gasteiger partial charge on any atom is 0.0995 e. The summed E-state index contributed by atoms with van der Waals surface area (Å²) in [5.74, 6) is 1.51. The van der Waals surface area contributed by atoms with Crippen molar-refractivity contribution in [3.63, 3.8) is 0 Å². The molecule has 1 aliphatic rings. The highest BCUT2D eigenvalue weighted by molar-refractivity contribution is 5.36. The lowest BCUT2D eigenvalue weighted by Crippen LogP contribution is -2.26. The van der Waals surface area contributed by atoms with Crippen molar-refractivity contribution in [2.24, 2.45) is 11.8 Å². The van der Waals surface area contributed by atoms with Gasteiger partial charge in [0.2, 0.25) is 0 Å². The lowest BCUT2D eigenvalue weighted by molar-refractivity contribution is -0.00922. The first kappa shape index (κ1) is 13.1. The van der Waals surface area contributed by atoms with Crippen LogP contribution in [0.1, 0.15) is 44.2 Å². The molecule has 2 rings (SSSR count). The minimum absolute atomic E-state index is 0.357. The van der Waals surface area contributed by atoms with Crippen LogP contribution >= 0.6 is 0 Å². The topological polar surface area (TPSA) is 33.0 Å². The molecule has 0 aliphatic heterocycles. The average molecular weight is 243 g/mol. The van der Waals surface area contributed by atoms with Gasteiger partial charge in [-0.25, -0.2) is 0 Å². The van der Waals surface area contributed by atoms with E-state index in [9.17, 15) is 0 Å². The monoisotopic (exact) mass is 243 g/mol. The Morgan fingerprint density at radius 2 is 1.83 bits per heavy atom. The Bertz CT molecular complexity index is 425. The van der Waals surface area contributed by atoms with Gasteiger partial charge >= 0.3 is 0 Å². The van der Waals surface area contributed by atoms with Gasteiger partial charge in [-0.15, -0.1) is 0 Å². The van der Waals surface area contributed by atoms with E-state index in [1.807, 2.05) is 24.3 Å². The van der Waals surface area contributed by atoms with Crippen LogP contribution in [0.5, 0.6) is 0 Å². The van der Waals surface area contributed by atoms with Gasteiger partial charge in [0.15, 0.2) is 0 Å². The highest BCUT2D eigenvalue weighted by Gasteiger charge is 2.24. The summed E-state index contributed by atoms with van der Waals surface area (Å²) in [5, 5.41) is 9.03. The fourth-order valence-electron chi connectivity index (χ4n) is 2.97. The first-order valence-corrected chi connectivity index (χ1v) is 6.78. The van der Waals surface area contributed by atoms with Crippen LogP contribution in [0.25, 0.3) is 0 Å². The summed E-state index contributed by atoms with van der Waals surface area (Å²) >= 11 is 0. The number of benzene rings is 1. The molecule has 0 radical (unpaired) electrons. The fraction of sp³-hybridized carbons (Fsp3) is 0.562. The second-order valence-corrected chi connectivity index (χ2v) is 5.62. The molecule has 2 nitrogen and oxygen atoms in total. The van der Waals surface area contributed by atoms with Gasteiger partial charge in [0.1, 0.15) is 0 Å². The lowest BCUT2D eigenvalue weighted by Gasteiger charge is -2.31. The van der Waals surface area contributed by atoms with Crippen LogP contribution in [-0.2, 0) is 11.3 Å². The number of nitrogens with zero attached hydrogens (tertiary/aromatic N) is 1. The summed E-state index contributed by atoms with van der Waals surface area (Å²) in [5.41, 5.74) is 1.74. The molecule has 1 aromatic carbocycles. The molecule has 0 saturated heterocycles. The molecule has 1 aromatic rings. The van der Waals surface area contributed by atoms with Gasteiger partial charge in [-0.1, -0.05) is 32.0 Å². The Hall–Kier alpha value is -1.33. The van der Waals surface area contributed by atoms with Gasteiger partial charge in [0.25, 0.3) is 0 Å². The second-order valence-electron chi connectivity index (χ2n) is 5.62. The summed E-state index contributed by atoms with van der Waals surface area (Å²) in [6.45, 7) is 5.17. The van der Waals surface area contributed by atoms with Gasteiger partial charge in [0.05, 0.1) is 24.3 Å². The van der Waals surface area contributed by atoms with Crippen LogP contribution in [0.15, 0.2) is 24.3 Å². The molecular weight excluding hydrogens is 222 g/mol.